The Morgan fingerprint density at radius 2 is 1.60 bits per heavy atom. The van der Waals surface area contributed by atoms with Crippen molar-refractivity contribution < 1.29 is 27.8 Å². The quantitative estimate of drug-likeness (QED) is 0.786. The highest BCUT2D eigenvalue weighted by molar-refractivity contribution is 6.08. The van der Waals surface area contributed by atoms with Gasteiger partial charge in [0.15, 0.2) is 0 Å². The molecule has 0 saturated carbocycles. The predicted molar refractivity (Wildman–Crippen MR) is 87.8 cm³/mol. The highest BCUT2D eigenvalue weighted by atomic mass is 19.1. The third kappa shape index (κ3) is 4.90. The molecule has 0 aromatic heterocycles. The molecule has 2 rings (SSSR count). The van der Waals surface area contributed by atoms with Gasteiger partial charge in [0.2, 0.25) is 11.8 Å². The molecule has 2 aromatic rings. The summed E-state index contributed by atoms with van der Waals surface area (Å²) >= 11 is 0. The molecule has 8 heteroatoms. The Balaban J connectivity index is 2.01. The van der Waals surface area contributed by atoms with Crippen LogP contribution in [-0.2, 0) is 9.59 Å². The number of benzene rings is 2. The van der Waals surface area contributed by atoms with E-state index >= 15 is 0 Å². The van der Waals surface area contributed by atoms with Crippen molar-refractivity contribution in [3.05, 3.63) is 48.0 Å². The van der Waals surface area contributed by atoms with E-state index in [-0.39, 0.29) is 5.69 Å². The van der Waals surface area contributed by atoms with Gasteiger partial charge >= 0.3 is 0 Å². The standard InChI is InChI=1S/C17H16F2N2O4/c1-24-11-4-6-15(25-2)14(8-11)21-17(23)9-16(22)20-13-5-3-10(18)7-12(13)19/h3-8H,9H2,1-2H3,(H,20,22)(H,21,23). The molecular formula is C17H16F2N2O4. The molecule has 25 heavy (non-hydrogen) atoms. The summed E-state index contributed by atoms with van der Waals surface area (Å²) < 4.78 is 36.5. The molecule has 0 unspecified atom stereocenters. The first-order chi connectivity index (χ1) is 11.9. The topological polar surface area (TPSA) is 76.7 Å². The fraction of sp³-hybridized carbons (Fsp3) is 0.176. The number of nitrogens with one attached hydrogen (secondary N) is 2. The van der Waals surface area contributed by atoms with Crippen LogP contribution in [0.4, 0.5) is 20.2 Å². The van der Waals surface area contributed by atoms with Crippen molar-refractivity contribution in [2.75, 3.05) is 24.9 Å². The van der Waals surface area contributed by atoms with E-state index in [0.717, 1.165) is 12.1 Å². The number of rotatable bonds is 6. The van der Waals surface area contributed by atoms with Crippen molar-refractivity contribution in [1.29, 1.82) is 0 Å². The van der Waals surface area contributed by atoms with Crippen LogP contribution in [0.1, 0.15) is 6.42 Å². The summed E-state index contributed by atoms with van der Waals surface area (Å²) in [5.74, 6) is -2.19. The van der Waals surface area contributed by atoms with Crippen molar-refractivity contribution in [3.8, 4) is 11.5 Å². The number of halogens is 2. The SMILES string of the molecule is COc1ccc(OC)c(NC(=O)CC(=O)Nc2ccc(F)cc2F)c1. The Morgan fingerprint density at radius 3 is 2.20 bits per heavy atom. The van der Waals surface area contributed by atoms with E-state index in [4.69, 9.17) is 9.47 Å². The Kier molecular flexibility index (Phi) is 5.89. The summed E-state index contributed by atoms with van der Waals surface area (Å²) in [6.07, 6.45) is -0.558. The minimum absolute atomic E-state index is 0.210. The minimum atomic E-state index is -0.928. The van der Waals surface area contributed by atoms with Gasteiger partial charge in [-0.15, -0.1) is 0 Å². The van der Waals surface area contributed by atoms with Crippen LogP contribution >= 0.6 is 0 Å². The van der Waals surface area contributed by atoms with Crippen molar-refractivity contribution in [2.24, 2.45) is 0 Å². The van der Waals surface area contributed by atoms with Gasteiger partial charge in [0.05, 0.1) is 25.6 Å². The maximum absolute atomic E-state index is 13.5. The van der Waals surface area contributed by atoms with E-state index in [1.54, 1.807) is 12.1 Å². The first-order valence-corrected chi connectivity index (χ1v) is 7.19. The lowest BCUT2D eigenvalue weighted by molar-refractivity contribution is -0.123. The zero-order chi connectivity index (χ0) is 18.4. The van der Waals surface area contributed by atoms with Gasteiger partial charge in [-0.1, -0.05) is 0 Å². The Bertz CT molecular complexity index is 796. The van der Waals surface area contributed by atoms with E-state index < -0.39 is 29.9 Å². The van der Waals surface area contributed by atoms with Gasteiger partial charge in [0.25, 0.3) is 0 Å². The van der Waals surface area contributed by atoms with Gasteiger partial charge in [-0.25, -0.2) is 8.78 Å². The molecule has 0 saturated heterocycles. The summed E-state index contributed by atoms with van der Waals surface area (Å²) in [5.41, 5.74) is 0.116. The number of carbonyl (C=O) groups excluding carboxylic acids is 2. The fourth-order valence-corrected chi connectivity index (χ4v) is 2.04. The molecule has 2 N–H and O–H groups in total. The summed E-state index contributed by atoms with van der Waals surface area (Å²) in [6, 6.07) is 7.50. The highest BCUT2D eigenvalue weighted by Crippen LogP contribution is 2.29. The van der Waals surface area contributed by atoms with Gasteiger partial charge in [-0.3, -0.25) is 9.59 Å². The molecule has 132 valence electrons. The van der Waals surface area contributed by atoms with Crippen LogP contribution in [-0.4, -0.2) is 26.0 Å². The minimum Gasteiger partial charge on any atom is -0.497 e. The first-order valence-electron chi connectivity index (χ1n) is 7.19. The molecular weight excluding hydrogens is 334 g/mol. The van der Waals surface area contributed by atoms with Crippen LogP contribution in [0.5, 0.6) is 11.5 Å². The smallest absolute Gasteiger partial charge is 0.233 e. The number of carbonyl (C=O) groups is 2. The maximum atomic E-state index is 13.5. The molecule has 0 spiro atoms. The number of amides is 2. The predicted octanol–water partition coefficient (Wildman–Crippen LogP) is 2.95. The van der Waals surface area contributed by atoms with Gasteiger partial charge in [0, 0.05) is 12.1 Å². The monoisotopic (exact) mass is 350 g/mol. The fourth-order valence-electron chi connectivity index (χ4n) is 2.04. The summed E-state index contributed by atoms with van der Waals surface area (Å²) in [5, 5.41) is 4.73. The number of hydrogen-bond donors (Lipinski definition) is 2. The van der Waals surface area contributed by atoms with E-state index in [1.165, 1.54) is 20.3 Å². The van der Waals surface area contributed by atoms with E-state index in [2.05, 4.69) is 10.6 Å². The number of hydrogen-bond acceptors (Lipinski definition) is 4. The molecule has 6 nitrogen and oxygen atoms in total. The molecule has 0 aliphatic heterocycles. The third-order valence-electron chi connectivity index (χ3n) is 3.21. The van der Waals surface area contributed by atoms with Crippen LogP contribution in [0, 0.1) is 11.6 Å². The molecule has 0 atom stereocenters. The van der Waals surface area contributed by atoms with Gasteiger partial charge in [-0.2, -0.15) is 0 Å². The lowest BCUT2D eigenvalue weighted by Crippen LogP contribution is -2.22. The second kappa shape index (κ2) is 8.09. The van der Waals surface area contributed by atoms with Gasteiger partial charge in [-0.05, 0) is 24.3 Å². The highest BCUT2D eigenvalue weighted by Gasteiger charge is 2.14. The van der Waals surface area contributed by atoms with Crippen LogP contribution < -0.4 is 20.1 Å². The number of ether oxygens (including phenoxy) is 2. The Morgan fingerprint density at radius 1 is 0.920 bits per heavy atom. The van der Waals surface area contributed by atoms with E-state index in [9.17, 15) is 18.4 Å². The molecule has 0 aliphatic rings. The lowest BCUT2D eigenvalue weighted by atomic mass is 10.2. The van der Waals surface area contributed by atoms with E-state index in [1.807, 2.05) is 0 Å². The van der Waals surface area contributed by atoms with Gasteiger partial charge in [0.1, 0.15) is 29.6 Å². The van der Waals surface area contributed by atoms with Crippen molar-refractivity contribution in [1.82, 2.24) is 0 Å². The number of anilines is 2. The number of methoxy groups -OCH3 is 2. The average Bonchev–Trinajstić information content (AvgIpc) is 2.57. The van der Waals surface area contributed by atoms with Crippen LogP contribution in [0.2, 0.25) is 0 Å². The molecule has 0 fully saturated rings. The van der Waals surface area contributed by atoms with Gasteiger partial charge < -0.3 is 20.1 Å². The second-order valence-electron chi connectivity index (χ2n) is 4.96. The molecule has 0 bridgehead atoms. The normalized spacial score (nSPS) is 10.1. The Labute approximate surface area is 142 Å². The first kappa shape index (κ1) is 18.2. The van der Waals surface area contributed by atoms with Crippen LogP contribution in [0.25, 0.3) is 0 Å². The largest absolute Gasteiger partial charge is 0.497 e. The summed E-state index contributed by atoms with van der Waals surface area (Å²) in [7, 11) is 2.90. The zero-order valence-corrected chi connectivity index (χ0v) is 13.6. The van der Waals surface area contributed by atoms with Crippen molar-refractivity contribution in [2.45, 2.75) is 6.42 Å². The van der Waals surface area contributed by atoms with E-state index in [0.29, 0.717) is 23.3 Å². The third-order valence-corrected chi connectivity index (χ3v) is 3.21. The molecule has 0 heterocycles. The summed E-state index contributed by atoms with van der Waals surface area (Å²) in [4.78, 5) is 23.8. The molecule has 2 aromatic carbocycles. The molecule has 2 amide bonds. The van der Waals surface area contributed by atoms with Crippen molar-refractivity contribution >= 4 is 23.2 Å². The zero-order valence-electron chi connectivity index (χ0n) is 13.6. The maximum Gasteiger partial charge on any atom is 0.233 e. The van der Waals surface area contributed by atoms with Crippen LogP contribution in [0.3, 0.4) is 0 Å². The lowest BCUT2D eigenvalue weighted by Gasteiger charge is -2.12. The second-order valence-corrected chi connectivity index (χ2v) is 4.96. The molecule has 0 aliphatic carbocycles. The van der Waals surface area contributed by atoms with Crippen molar-refractivity contribution in [3.63, 3.8) is 0 Å². The Hall–Kier alpha value is -3.16. The summed E-state index contributed by atoms with van der Waals surface area (Å²) in [6.45, 7) is 0. The average molecular weight is 350 g/mol. The van der Waals surface area contributed by atoms with Crippen LogP contribution in [0.15, 0.2) is 36.4 Å². The molecule has 0 radical (unpaired) electrons.